The Kier molecular flexibility index (Phi) is 7.00. The zero-order valence-electron chi connectivity index (χ0n) is 15.4. The molecule has 26 heavy (non-hydrogen) atoms. The minimum absolute atomic E-state index is 0.189. The van der Waals surface area contributed by atoms with Gasteiger partial charge >= 0.3 is 12.1 Å². The lowest BCUT2D eigenvalue weighted by molar-refractivity contribution is -0.151. The van der Waals surface area contributed by atoms with Gasteiger partial charge in [0.25, 0.3) is 5.91 Å². The van der Waals surface area contributed by atoms with Crippen molar-refractivity contribution >= 4 is 18.0 Å². The number of esters is 1. The van der Waals surface area contributed by atoms with Gasteiger partial charge in [-0.15, -0.1) is 0 Å². The Morgan fingerprint density at radius 1 is 1.23 bits per heavy atom. The number of carbonyl (C=O) groups excluding carboxylic acids is 3. The summed E-state index contributed by atoms with van der Waals surface area (Å²) in [6.45, 7) is 4.57. The lowest BCUT2D eigenvalue weighted by Gasteiger charge is -2.28. The van der Waals surface area contributed by atoms with E-state index < -0.39 is 24.1 Å². The molecule has 142 valence electrons. The van der Waals surface area contributed by atoms with Crippen LogP contribution in [0.3, 0.4) is 0 Å². The minimum Gasteiger partial charge on any atom is -0.467 e. The predicted molar refractivity (Wildman–Crippen MR) is 95.3 cm³/mol. The molecule has 2 unspecified atom stereocenters. The van der Waals surface area contributed by atoms with Crippen LogP contribution in [-0.4, -0.2) is 49.2 Å². The van der Waals surface area contributed by atoms with Crippen molar-refractivity contribution in [2.75, 3.05) is 20.3 Å². The summed E-state index contributed by atoms with van der Waals surface area (Å²) in [7, 11) is 1.31. The summed E-state index contributed by atoms with van der Waals surface area (Å²) in [6, 6.07) is 7.39. The highest BCUT2D eigenvalue weighted by atomic mass is 16.5. The Hall–Kier alpha value is -2.57. The molecule has 7 heteroatoms. The second kappa shape index (κ2) is 9.22. The highest BCUT2D eigenvalue weighted by Gasteiger charge is 2.38. The molecule has 1 aromatic carbocycles. The van der Waals surface area contributed by atoms with Crippen molar-refractivity contribution < 1.29 is 23.9 Å². The monoisotopic (exact) mass is 362 g/mol. The van der Waals surface area contributed by atoms with Crippen molar-refractivity contribution in [1.29, 1.82) is 0 Å². The number of likely N-dealkylation sites (tertiary alicyclic amines) is 1. The lowest BCUT2D eigenvalue weighted by Crippen LogP contribution is -2.47. The Labute approximate surface area is 153 Å². The van der Waals surface area contributed by atoms with Crippen LogP contribution >= 0.6 is 0 Å². The number of hydrogen-bond acceptors (Lipinski definition) is 5. The van der Waals surface area contributed by atoms with E-state index in [9.17, 15) is 14.4 Å². The first kappa shape index (κ1) is 19.8. The molecule has 0 aliphatic carbocycles. The number of rotatable bonds is 6. The normalized spacial score (nSPS) is 17.7. The van der Waals surface area contributed by atoms with E-state index in [-0.39, 0.29) is 18.4 Å². The van der Waals surface area contributed by atoms with Gasteiger partial charge in [0, 0.05) is 6.54 Å². The van der Waals surface area contributed by atoms with E-state index >= 15 is 0 Å². The molecule has 1 aliphatic heterocycles. The largest absolute Gasteiger partial charge is 0.467 e. The fraction of sp³-hybridized carbons (Fsp3) is 0.526. The van der Waals surface area contributed by atoms with E-state index in [1.165, 1.54) is 12.0 Å². The van der Waals surface area contributed by atoms with Gasteiger partial charge in [-0.3, -0.25) is 4.79 Å². The Balaban J connectivity index is 2.19. The van der Waals surface area contributed by atoms with Crippen molar-refractivity contribution in [3.8, 4) is 0 Å². The fourth-order valence-electron chi connectivity index (χ4n) is 2.91. The SMILES string of the molecule is COC(=O)C1CCCN1C(=O)C(NC(=O)OCC(C)C)c1ccccc1. The number of benzene rings is 1. The summed E-state index contributed by atoms with van der Waals surface area (Å²) < 4.78 is 9.95. The molecule has 1 N–H and O–H groups in total. The average Bonchev–Trinajstić information content (AvgIpc) is 3.13. The van der Waals surface area contributed by atoms with Crippen molar-refractivity contribution in [1.82, 2.24) is 10.2 Å². The van der Waals surface area contributed by atoms with Crippen LogP contribution in [0.25, 0.3) is 0 Å². The molecule has 1 fully saturated rings. The first-order valence-electron chi connectivity index (χ1n) is 8.80. The number of hydrogen-bond donors (Lipinski definition) is 1. The highest BCUT2D eigenvalue weighted by molar-refractivity contribution is 5.91. The maximum Gasteiger partial charge on any atom is 0.408 e. The molecule has 0 saturated carbocycles. The summed E-state index contributed by atoms with van der Waals surface area (Å²) in [5, 5.41) is 2.64. The third kappa shape index (κ3) is 4.97. The number of carbonyl (C=O) groups is 3. The lowest BCUT2D eigenvalue weighted by atomic mass is 10.1. The molecule has 1 aliphatic rings. The Morgan fingerprint density at radius 2 is 1.92 bits per heavy atom. The Morgan fingerprint density at radius 3 is 2.54 bits per heavy atom. The standard InChI is InChI=1S/C19H26N2O5/c1-13(2)12-26-19(24)20-16(14-8-5-4-6-9-14)17(22)21-11-7-10-15(21)18(23)25-3/h4-6,8-9,13,15-16H,7,10-12H2,1-3H3,(H,20,24). The van der Waals surface area contributed by atoms with Gasteiger partial charge in [-0.25, -0.2) is 9.59 Å². The quantitative estimate of drug-likeness (QED) is 0.785. The number of ether oxygens (including phenoxy) is 2. The van der Waals surface area contributed by atoms with Crippen molar-refractivity contribution in [2.24, 2.45) is 5.92 Å². The average molecular weight is 362 g/mol. The van der Waals surface area contributed by atoms with E-state index in [0.717, 1.165) is 0 Å². The van der Waals surface area contributed by atoms with Crippen LogP contribution in [-0.2, 0) is 19.1 Å². The fourth-order valence-corrected chi connectivity index (χ4v) is 2.91. The van der Waals surface area contributed by atoms with Gasteiger partial charge < -0.3 is 19.7 Å². The summed E-state index contributed by atoms with van der Waals surface area (Å²) in [6.07, 6.45) is 0.609. The molecule has 0 bridgehead atoms. The molecule has 2 rings (SSSR count). The number of nitrogens with zero attached hydrogens (tertiary/aromatic N) is 1. The number of amides is 2. The topological polar surface area (TPSA) is 84.9 Å². The molecular weight excluding hydrogens is 336 g/mol. The van der Waals surface area contributed by atoms with Crippen LogP contribution in [0.15, 0.2) is 30.3 Å². The molecule has 1 heterocycles. The molecule has 0 aromatic heterocycles. The van der Waals surface area contributed by atoms with Gasteiger partial charge in [0.15, 0.2) is 0 Å². The van der Waals surface area contributed by atoms with Gasteiger partial charge in [0.1, 0.15) is 12.1 Å². The van der Waals surface area contributed by atoms with Gasteiger partial charge in [-0.2, -0.15) is 0 Å². The van der Waals surface area contributed by atoms with Crippen LogP contribution in [0.2, 0.25) is 0 Å². The van der Waals surface area contributed by atoms with Gasteiger partial charge in [0.2, 0.25) is 0 Å². The van der Waals surface area contributed by atoms with E-state index in [0.29, 0.717) is 24.9 Å². The number of nitrogens with one attached hydrogen (secondary N) is 1. The van der Waals surface area contributed by atoms with Crippen LogP contribution in [0.4, 0.5) is 4.79 Å². The summed E-state index contributed by atoms with van der Waals surface area (Å²) >= 11 is 0. The zero-order chi connectivity index (χ0) is 19.1. The van der Waals surface area contributed by atoms with E-state index in [4.69, 9.17) is 9.47 Å². The minimum atomic E-state index is -0.916. The van der Waals surface area contributed by atoms with Gasteiger partial charge in [0.05, 0.1) is 13.7 Å². The maximum absolute atomic E-state index is 13.1. The van der Waals surface area contributed by atoms with Gasteiger partial charge in [-0.1, -0.05) is 44.2 Å². The van der Waals surface area contributed by atoms with Crippen molar-refractivity contribution in [3.05, 3.63) is 35.9 Å². The summed E-state index contributed by atoms with van der Waals surface area (Å²) in [5.74, 6) is -0.593. The van der Waals surface area contributed by atoms with Crippen LogP contribution in [0.5, 0.6) is 0 Å². The molecule has 7 nitrogen and oxygen atoms in total. The molecule has 2 amide bonds. The van der Waals surface area contributed by atoms with Gasteiger partial charge in [-0.05, 0) is 24.3 Å². The van der Waals surface area contributed by atoms with E-state index in [1.54, 1.807) is 24.3 Å². The second-order valence-electron chi connectivity index (χ2n) is 6.69. The maximum atomic E-state index is 13.1. The molecular formula is C19H26N2O5. The third-order valence-corrected chi connectivity index (χ3v) is 4.20. The summed E-state index contributed by atoms with van der Waals surface area (Å²) in [5.41, 5.74) is 0.634. The number of methoxy groups -OCH3 is 1. The number of alkyl carbamates (subject to hydrolysis) is 1. The van der Waals surface area contributed by atoms with Crippen molar-refractivity contribution in [2.45, 2.75) is 38.8 Å². The molecule has 0 radical (unpaired) electrons. The zero-order valence-corrected chi connectivity index (χ0v) is 15.4. The first-order chi connectivity index (χ1) is 12.4. The van der Waals surface area contributed by atoms with E-state index in [2.05, 4.69) is 5.32 Å². The van der Waals surface area contributed by atoms with E-state index in [1.807, 2.05) is 19.9 Å². The first-order valence-corrected chi connectivity index (χ1v) is 8.80. The second-order valence-corrected chi connectivity index (χ2v) is 6.69. The molecule has 2 atom stereocenters. The smallest absolute Gasteiger partial charge is 0.408 e. The Bertz CT molecular complexity index is 632. The van der Waals surface area contributed by atoms with Crippen molar-refractivity contribution in [3.63, 3.8) is 0 Å². The predicted octanol–water partition coefficient (Wildman–Crippen LogP) is 2.27. The molecule has 1 aromatic rings. The van der Waals surface area contributed by atoms with Crippen LogP contribution in [0, 0.1) is 5.92 Å². The molecule has 1 saturated heterocycles. The highest BCUT2D eigenvalue weighted by Crippen LogP contribution is 2.24. The summed E-state index contributed by atoms with van der Waals surface area (Å²) in [4.78, 5) is 38.7. The van der Waals surface area contributed by atoms with Crippen LogP contribution < -0.4 is 5.32 Å². The third-order valence-electron chi connectivity index (χ3n) is 4.20. The molecule has 0 spiro atoms. The van der Waals surface area contributed by atoms with Crippen LogP contribution in [0.1, 0.15) is 38.3 Å².